The molecule has 2 aromatic heterocycles. The van der Waals surface area contributed by atoms with Gasteiger partial charge in [-0.3, -0.25) is 4.79 Å². The van der Waals surface area contributed by atoms with Gasteiger partial charge in [-0.25, -0.2) is 19.3 Å². The topological polar surface area (TPSA) is 92.7 Å². The van der Waals surface area contributed by atoms with E-state index in [1.54, 1.807) is 30.3 Å². The molecule has 0 radical (unpaired) electrons. The van der Waals surface area contributed by atoms with E-state index in [-0.39, 0.29) is 11.6 Å². The fraction of sp³-hybridized carbons (Fsp3) is 0.409. The number of carbonyl (C=O) groups excluding carboxylic acids is 1. The van der Waals surface area contributed by atoms with Crippen LogP contribution in [0.3, 0.4) is 0 Å². The van der Waals surface area contributed by atoms with Gasteiger partial charge in [-0.2, -0.15) is 17.5 Å². The summed E-state index contributed by atoms with van der Waals surface area (Å²) in [5.41, 5.74) is -0.274. The summed E-state index contributed by atoms with van der Waals surface area (Å²) in [5.74, 6) is -0.00385. The summed E-state index contributed by atoms with van der Waals surface area (Å²) < 4.78 is 53.6. The molecule has 14 heteroatoms. The van der Waals surface area contributed by atoms with E-state index < -0.39 is 24.0 Å². The number of Topliss-reactive ketones (excluding diaryl/α,β-unsaturated/α-hetero) is 1. The van der Waals surface area contributed by atoms with Gasteiger partial charge in [-0.05, 0) is 48.2 Å². The van der Waals surface area contributed by atoms with Crippen molar-refractivity contribution in [3.8, 4) is 0 Å². The van der Waals surface area contributed by atoms with Gasteiger partial charge >= 0.3 is 6.18 Å². The van der Waals surface area contributed by atoms with Crippen molar-refractivity contribution in [2.75, 3.05) is 18.4 Å². The summed E-state index contributed by atoms with van der Waals surface area (Å²) in [5, 5.41) is 7.08. The van der Waals surface area contributed by atoms with Crippen LogP contribution in [0.2, 0.25) is 5.15 Å². The highest BCUT2D eigenvalue weighted by atomic mass is 35.5. The van der Waals surface area contributed by atoms with Crippen LogP contribution in [0.5, 0.6) is 0 Å². The minimum atomic E-state index is -4.49. The quantitative estimate of drug-likeness (QED) is 0.207. The molecule has 5 rings (SSSR count). The maximum absolute atomic E-state index is 13.0. The van der Waals surface area contributed by atoms with E-state index in [0.717, 1.165) is 29.3 Å². The summed E-state index contributed by atoms with van der Waals surface area (Å²) >= 11 is 8.41. The number of rotatable bonds is 8. The predicted molar refractivity (Wildman–Crippen MR) is 130 cm³/mol. The number of benzene rings is 1. The predicted octanol–water partition coefficient (Wildman–Crippen LogP) is 5.65. The first-order valence-electron chi connectivity index (χ1n) is 10.9. The van der Waals surface area contributed by atoms with Gasteiger partial charge in [0, 0.05) is 42.0 Å². The summed E-state index contributed by atoms with van der Waals surface area (Å²) in [6.45, 7) is 1.22. The number of halogens is 5. The zero-order chi connectivity index (χ0) is 25.8. The van der Waals surface area contributed by atoms with E-state index in [9.17, 15) is 22.4 Å². The third kappa shape index (κ3) is 8.08. The summed E-state index contributed by atoms with van der Waals surface area (Å²) in [6.07, 6.45) is -2.53. The first-order chi connectivity index (χ1) is 17.1. The van der Waals surface area contributed by atoms with Gasteiger partial charge in [0.25, 0.3) is 0 Å². The average molecular weight is 561 g/mol. The smallest absolute Gasteiger partial charge is 0.315 e. The number of hydrogen-bond acceptors (Lipinski definition) is 9. The Balaban J connectivity index is 0.000000318. The molecule has 3 heterocycles. The third-order valence-electron chi connectivity index (χ3n) is 5.35. The normalized spacial score (nSPS) is 16.5. The maximum atomic E-state index is 13.0. The number of alkyl halides is 4. The SMILES string of the molecule is FC1(C2CC2)CNC1.O=C(Cc1ccc(Sc2nc(Cl)cc(Nc3ncns3)n2)cc1)CC(F)(F)F. The van der Waals surface area contributed by atoms with Gasteiger partial charge in [0.15, 0.2) is 5.16 Å². The van der Waals surface area contributed by atoms with E-state index in [4.69, 9.17) is 11.6 Å². The van der Waals surface area contributed by atoms with E-state index in [2.05, 4.69) is 30.0 Å². The van der Waals surface area contributed by atoms with Gasteiger partial charge in [-0.15, -0.1) is 0 Å². The van der Waals surface area contributed by atoms with Crippen LogP contribution in [0, 0.1) is 5.92 Å². The lowest BCUT2D eigenvalue weighted by Gasteiger charge is -2.35. The second-order valence-electron chi connectivity index (χ2n) is 8.40. The first kappa shape index (κ1) is 26.7. The van der Waals surface area contributed by atoms with E-state index in [1.165, 1.54) is 18.1 Å². The number of ketones is 1. The van der Waals surface area contributed by atoms with E-state index >= 15 is 0 Å². The molecule has 1 saturated carbocycles. The van der Waals surface area contributed by atoms with Gasteiger partial charge < -0.3 is 10.6 Å². The Morgan fingerprint density at radius 3 is 2.47 bits per heavy atom. The number of carbonyl (C=O) groups is 1. The Labute approximate surface area is 217 Å². The van der Waals surface area contributed by atoms with Crippen molar-refractivity contribution in [3.63, 3.8) is 0 Å². The van der Waals surface area contributed by atoms with Gasteiger partial charge in [-0.1, -0.05) is 23.7 Å². The molecule has 0 bridgehead atoms. The van der Waals surface area contributed by atoms with Crippen molar-refractivity contribution < 1.29 is 22.4 Å². The third-order valence-corrected chi connectivity index (χ3v) is 7.00. The van der Waals surface area contributed by atoms with Crippen LogP contribution < -0.4 is 10.6 Å². The fourth-order valence-corrected chi connectivity index (χ4v) is 4.83. The molecule has 3 aromatic rings. The van der Waals surface area contributed by atoms with Crippen LogP contribution in [0.25, 0.3) is 0 Å². The molecule has 36 heavy (non-hydrogen) atoms. The van der Waals surface area contributed by atoms with Crippen molar-refractivity contribution >= 4 is 51.6 Å². The molecule has 1 aliphatic heterocycles. The van der Waals surface area contributed by atoms with Crippen molar-refractivity contribution in [2.45, 2.75) is 47.6 Å². The molecule has 0 spiro atoms. The van der Waals surface area contributed by atoms with E-state index in [1.807, 2.05) is 0 Å². The highest BCUT2D eigenvalue weighted by Crippen LogP contribution is 2.44. The van der Waals surface area contributed by atoms with Crippen molar-refractivity contribution in [1.29, 1.82) is 0 Å². The molecule has 1 aromatic carbocycles. The summed E-state index contributed by atoms with van der Waals surface area (Å²) in [4.78, 5) is 24.6. The minimum Gasteiger partial charge on any atom is -0.315 e. The number of nitrogens with zero attached hydrogens (tertiary/aromatic N) is 4. The highest BCUT2D eigenvalue weighted by Gasteiger charge is 2.49. The van der Waals surface area contributed by atoms with Gasteiger partial charge in [0.1, 0.15) is 35.2 Å². The van der Waals surface area contributed by atoms with Crippen LogP contribution in [-0.2, 0) is 11.2 Å². The number of nitrogens with one attached hydrogen (secondary N) is 2. The Morgan fingerprint density at radius 1 is 1.22 bits per heavy atom. The minimum absolute atomic E-state index is 0.235. The average Bonchev–Trinajstić information content (AvgIpc) is 3.50. The molecule has 1 saturated heterocycles. The van der Waals surface area contributed by atoms with Crippen molar-refractivity contribution in [1.82, 2.24) is 24.6 Å². The zero-order valence-corrected chi connectivity index (χ0v) is 21.1. The number of hydrogen-bond donors (Lipinski definition) is 2. The second kappa shape index (κ2) is 11.4. The molecule has 1 aliphatic carbocycles. The molecule has 192 valence electrons. The number of aromatic nitrogens is 4. The first-order valence-corrected chi connectivity index (χ1v) is 12.9. The molecule has 7 nitrogen and oxygen atoms in total. The Bertz CT molecular complexity index is 1170. The lowest BCUT2D eigenvalue weighted by atomic mass is 9.94. The lowest BCUT2D eigenvalue weighted by Crippen LogP contribution is -2.57. The van der Waals surface area contributed by atoms with Crippen LogP contribution in [0.4, 0.5) is 28.5 Å². The lowest BCUT2D eigenvalue weighted by molar-refractivity contribution is -0.151. The molecule has 2 fully saturated rings. The molecular weight excluding hydrogens is 540 g/mol. The summed E-state index contributed by atoms with van der Waals surface area (Å²) in [7, 11) is 0. The Kier molecular flexibility index (Phi) is 8.43. The standard InChI is InChI=1S/C16H11ClF3N5OS2.C6H10FN/c17-12-6-13(24-14-21-8-22-28-14)25-15(23-12)27-11-3-1-9(2-4-11)5-10(26)7-16(18,19)20;7-6(3-8-4-6)5-1-2-5/h1-4,6,8H,5,7H2,(H,21,22,23,24,25);5,8H,1-4H2. The molecular formula is C22H21ClF4N6OS2. The van der Waals surface area contributed by atoms with Crippen LogP contribution in [0.1, 0.15) is 24.8 Å². The summed E-state index contributed by atoms with van der Waals surface area (Å²) in [6, 6.07) is 8.11. The Morgan fingerprint density at radius 2 is 1.94 bits per heavy atom. The van der Waals surface area contributed by atoms with Crippen molar-refractivity contribution in [3.05, 3.63) is 47.4 Å². The van der Waals surface area contributed by atoms with Crippen LogP contribution in [0.15, 0.2) is 46.7 Å². The zero-order valence-electron chi connectivity index (χ0n) is 18.7. The fourth-order valence-electron chi connectivity index (χ4n) is 3.39. The van der Waals surface area contributed by atoms with E-state index in [0.29, 0.717) is 40.7 Å². The molecule has 2 aliphatic rings. The van der Waals surface area contributed by atoms with Gasteiger partial charge in [0.05, 0.1) is 0 Å². The highest BCUT2D eigenvalue weighted by molar-refractivity contribution is 7.99. The largest absolute Gasteiger partial charge is 0.395 e. The van der Waals surface area contributed by atoms with Crippen molar-refractivity contribution in [2.24, 2.45) is 5.92 Å². The molecule has 2 N–H and O–H groups in total. The Hall–Kier alpha value is -2.35. The second-order valence-corrected chi connectivity index (χ2v) is 10.6. The number of anilines is 2. The molecule has 0 atom stereocenters. The molecule has 0 unspecified atom stereocenters. The molecule has 0 amide bonds. The van der Waals surface area contributed by atoms with Gasteiger partial charge in [0.2, 0.25) is 5.13 Å². The van der Waals surface area contributed by atoms with Crippen LogP contribution >= 0.6 is 34.9 Å². The van der Waals surface area contributed by atoms with Crippen LogP contribution in [-0.4, -0.2) is 50.0 Å². The maximum Gasteiger partial charge on any atom is 0.395 e. The monoisotopic (exact) mass is 560 g/mol.